The molecule has 0 spiro atoms. The van der Waals surface area contributed by atoms with Crippen LogP contribution in [0.2, 0.25) is 0 Å². The van der Waals surface area contributed by atoms with Crippen molar-refractivity contribution in [1.82, 2.24) is 0 Å². The molecule has 0 aliphatic carbocycles. The molecule has 6 heteroatoms. The number of hydrogen-bond acceptors (Lipinski definition) is 5. The van der Waals surface area contributed by atoms with E-state index in [1.807, 2.05) is 6.26 Å². The summed E-state index contributed by atoms with van der Waals surface area (Å²) in [6.45, 7) is 1.69. The lowest BCUT2D eigenvalue weighted by atomic mass is 10.1. The van der Waals surface area contributed by atoms with Crippen molar-refractivity contribution >= 4 is 23.7 Å². The quantitative estimate of drug-likeness (QED) is 0.639. The Morgan fingerprint density at radius 2 is 2.05 bits per heavy atom. The van der Waals surface area contributed by atoms with Gasteiger partial charge in [-0.25, -0.2) is 4.79 Å². The summed E-state index contributed by atoms with van der Waals surface area (Å²) in [5.41, 5.74) is 0.739. The predicted octanol–water partition coefficient (Wildman–Crippen LogP) is 2.57. The van der Waals surface area contributed by atoms with Crippen LogP contribution in [-0.4, -0.2) is 30.4 Å². The van der Waals surface area contributed by atoms with E-state index in [0.717, 1.165) is 0 Å². The van der Waals surface area contributed by atoms with Crippen molar-refractivity contribution in [3.63, 3.8) is 0 Å². The largest absolute Gasteiger partial charge is 0.493 e. The maximum Gasteiger partial charge on any atom is 0.335 e. The molecule has 5 nitrogen and oxygen atoms in total. The topological polar surface area (TPSA) is 72.8 Å². The Bertz CT molecular complexity index is 484. The van der Waals surface area contributed by atoms with Gasteiger partial charge in [0.25, 0.3) is 0 Å². The standard InChI is InChI=1S/C13H16O5S/c1-4-11(14)18-12-9(7-19-3)5-8(13(15)16)6-10(12)17-2/h5-6H,4,7H2,1-3H3,(H,15,16). The minimum absolute atomic E-state index is 0.109. The third kappa shape index (κ3) is 3.89. The van der Waals surface area contributed by atoms with Crippen molar-refractivity contribution in [2.45, 2.75) is 19.1 Å². The minimum Gasteiger partial charge on any atom is -0.493 e. The molecule has 0 atom stereocenters. The zero-order chi connectivity index (χ0) is 14.4. The Morgan fingerprint density at radius 3 is 2.53 bits per heavy atom. The monoisotopic (exact) mass is 284 g/mol. The first-order valence-electron chi connectivity index (χ1n) is 5.67. The van der Waals surface area contributed by atoms with Crippen LogP contribution in [0.3, 0.4) is 0 Å². The maximum absolute atomic E-state index is 11.4. The summed E-state index contributed by atoms with van der Waals surface area (Å²) >= 11 is 1.50. The van der Waals surface area contributed by atoms with Crippen molar-refractivity contribution in [3.05, 3.63) is 23.3 Å². The molecule has 0 saturated carbocycles. The highest BCUT2D eigenvalue weighted by Crippen LogP contribution is 2.35. The lowest BCUT2D eigenvalue weighted by Gasteiger charge is -2.14. The molecule has 0 fully saturated rings. The maximum atomic E-state index is 11.4. The van der Waals surface area contributed by atoms with Crippen LogP contribution < -0.4 is 9.47 Å². The second kappa shape index (κ2) is 7.04. The van der Waals surface area contributed by atoms with E-state index in [4.69, 9.17) is 14.6 Å². The number of benzene rings is 1. The van der Waals surface area contributed by atoms with E-state index in [1.165, 1.54) is 31.0 Å². The van der Waals surface area contributed by atoms with Gasteiger partial charge in [-0.15, -0.1) is 0 Å². The highest BCUT2D eigenvalue weighted by Gasteiger charge is 2.18. The Kier molecular flexibility index (Phi) is 5.69. The molecule has 1 aromatic carbocycles. The fraction of sp³-hybridized carbons (Fsp3) is 0.385. The van der Waals surface area contributed by atoms with E-state index in [1.54, 1.807) is 6.92 Å². The van der Waals surface area contributed by atoms with Crippen LogP contribution in [-0.2, 0) is 10.5 Å². The van der Waals surface area contributed by atoms with E-state index < -0.39 is 5.97 Å². The molecule has 0 aromatic heterocycles. The van der Waals surface area contributed by atoms with E-state index in [0.29, 0.717) is 17.1 Å². The summed E-state index contributed by atoms with van der Waals surface area (Å²) in [6.07, 6.45) is 2.12. The van der Waals surface area contributed by atoms with Gasteiger partial charge in [-0.3, -0.25) is 4.79 Å². The lowest BCUT2D eigenvalue weighted by molar-refractivity contribution is -0.134. The Labute approximate surface area is 115 Å². The van der Waals surface area contributed by atoms with Crippen molar-refractivity contribution in [2.75, 3.05) is 13.4 Å². The van der Waals surface area contributed by atoms with Gasteiger partial charge in [0.05, 0.1) is 12.7 Å². The second-order valence-electron chi connectivity index (χ2n) is 3.73. The minimum atomic E-state index is -1.05. The first kappa shape index (κ1) is 15.4. The van der Waals surface area contributed by atoms with Crippen molar-refractivity contribution in [1.29, 1.82) is 0 Å². The zero-order valence-corrected chi connectivity index (χ0v) is 11.9. The van der Waals surface area contributed by atoms with Gasteiger partial charge in [0.2, 0.25) is 0 Å². The van der Waals surface area contributed by atoms with Crippen molar-refractivity contribution < 1.29 is 24.2 Å². The van der Waals surface area contributed by atoms with Crippen molar-refractivity contribution in [2.24, 2.45) is 0 Å². The number of carbonyl (C=O) groups is 2. The highest BCUT2D eigenvalue weighted by molar-refractivity contribution is 7.97. The van der Waals surface area contributed by atoms with Gasteiger partial charge in [-0.05, 0) is 18.4 Å². The molecule has 0 aliphatic heterocycles. The third-order valence-electron chi connectivity index (χ3n) is 2.40. The van der Waals surface area contributed by atoms with Crippen LogP contribution in [0.4, 0.5) is 0 Å². The number of ether oxygens (including phenoxy) is 2. The normalized spacial score (nSPS) is 10.1. The van der Waals surface area contributed by atoms with Crippen LogP contribution >= 0.6 is 11.8 Å². The number of carboxylic acid groups (broad SMARTS) is 1. The van der Waals surface area contributed by atoms with Crippen LogP contribution in [0.25, 0.3) is 0 Å². The number of aromatic carboxylic acids is 1. The zero-order valence-electron chi connectivity index (χ0n) is 11.1. The average Bonchev–Trinajstić information content (AvgIpc) is 2.40. The molecular weight excluding hydrogens is 268 g/mol. The van der Waals surface area contributed by atoms with Gasteiger partial charge in [-0.2, -0.15) is 11.8 Å². The van der Waals surface area contributed by atoms with Gasteiger partial charge in [0.15, 0.2) is 11.5 Å². The first-order valence-corrected chi connectivity index (χ1v) is 7.06. The number of hydrogen-bond donors (Lipinski definition) is 1. The smallest absolute Gasteiger partial charge is 0.335 e. The molecule has 1 aromatic rings. The molecule has 19 heavy (non-hydrogen) atoms. The number of esters is 1. The Morgan fingerprint density at radius 1 is 1.37 bits per heavy atom. The molecule has 104 valence electrons. The van der Waals surface area contributed by atoms with E-state index in [9.17, 15) is 9.59 Å². The molecule has 0 saturated heterocycles. The number of methoxy groups -OCH3 is 1. The molecule has 0 unspecified atom stereocenters. The van der Waals surface area contributed by atoms with Gasteiger partial charge in [-0.1, -0.05) is 6.92 Å². The average molecular weight is 284 g/mol. The molecule has 0 aliphatic rings. The molecule has 0 heterocycles. The van der Waals surface area contributed by atoms with E-state index >= 15 is 0 Å². The Balaban J connectivity index is 3.31. The SMILES string of the molecule is CCC(=O)Oc1c(CSC)cc(C(=O)O)cc1OC. The van der Waals surface area contributed by atoms with Gasteiger partial charge >= 0.3 is 11.9 Å². The predicted molar refractivity (Wildman–Crippen MR) is 73.1 cm³/mol. The molecular formula is C13H16O5S. The van der Waals surface area contributed by atoms with Gasteiger partial charge in [0, 0.05) is 17.7 Å². The first-order chi connectivity index (χ1) is 9.03. The summed E-state index contributed by atoms with van der Waals surface area (Å²) in [5, 5.41) is 9.05. The molecule has 0 radical (unpaired) electrons. The van der Waals surface area contributed by atoms with Crippen LogP contribution in [0.1, 0.15) is 29.3 Å². The highest BCUT2D eigenvalue weighted by atomic mass is 32.2. The molecule has 1 rings (SSSR count). The lowest BCUT2D eigenvalue weighted by Crippen LogP contribution is -2.10. The van der Waals surface area contributed by atoms with Crippen LogP contribution in [0.5, 0.6) is 11.5 Å². The fourth-order valence-electron chi connectivity index (χ4n) is 1.50. The van der Waals surface area contributed by atoms with Crippen LogP contribution in [0.15, 0.2) is 12.1 Å². The number of rotatable bonds is 6. The van der Waals surface area contributed by atoms with Crippen molar-refractivity contribution in [3.8, 4) is 11.5 Å². The fourth-order valence-corrected chi connectivity index (χ4v) is 2.03. The molecule has 0 bridgehead atoms. The number of carboxylic acids is 1. The third-order valence-corrected chi connectivity index (χ3v) is 3.00. The summed E-state index contributed by atoms with van der Waals surface area (Å²) < 4.78 is 10.4. The van der Waals surface area contributed by atoms with Crippen LogP contribution in [0, 0.1) is 0 Å². The molecule has 0 amide bonds. The van der Waals surface area contributed by atoms with Gasteiger partial charge < -0.3 is 14.6 Å². The van der Waals surface area contributed by atoms with E-state index in [-0.39, 0.29) is 23.7 Å². The number of carbonyl (C=O) groups excluding carboxylic acids is 1. The summed E-state index contributed by atoms with van der Waals surface area (Å²) in [5.74, 6) is -0.346. The summed E-state index contributed by atoms with van der Waals surface area (Å²) in [6, 6.07) is 2.85. The Hall–Kier alpha value is -1.69. The number of thioether (sulfide) groups is 1. The van der Waals surface area contributed by atoms with Gasteiger partial charge in [0.1, 0.15) is 0 Å². The summed E-state index contributed by atoms with van der Waals surface area (Å²) in [4.78, 5) is 22.5. The van der Waals surface area contributed by atoms with E-state index in [2.05, 4.69) is 0 Å². The molecule has 1 N–H and O–H groups in total. The second-order valence-corrected chi connectivity index (χ2v) is 4.60. The summed E-state index contributed by atoms with van der Waals surface area (Å²) in [7, 11) is 1.41.